The zero-order valence-corrected chi connectivity index (χ0v) is 93.3. The highest BCUT2D eigenvalue weighted by atomic mass is 28.3. The minimum atomic E-state index is -1.46. The summed E-state index contributed by atoms with van der Waals surface area (Å²) in [7, 11) is -0.532. The highest BCUT2D eigenvalue weighted by Crippen LogP contribution is 2.66. The van der Waals surface area contributed by atoms with Crippen LogP contribution in [0.1, 0.15) is 148 Å². The number of ether oxygens (including phenoxy) is 2. The second-order valence-corrected chi connectivity index (χ2v) is 77.6. The van der Waals surface area contributed by atoms with E-state index < -0.39 is 40.7 Å². The lowest BCUT2D eigenvalue weighted by Gasteiger charge is -2.41. The van der Waals surface area contributed by atoms with E-state index in [0.29, 0.717) is 149 Å². The molecule has 720 valence electrons. The lowest BCUT2D eigenvalue weighted by molar-refractivity contribution is 0.410. The van der Waals surface area contributed by atoms with Gasteiger partial charge in [-0.2, -0.15) is 0 Å². The molecule has 6 heterocycles. The van der Waals surface area contributed by atoms with Gasteiger partial charge in [-0.1, -0.05) is 372 Å². The molecule has 30 atom stereocenters. The molecule has 0 saturated heterocycles. The maximum Gasteiger partial charge on any atom is 0.147 e. The zero-order chi connectivity index (χ0) is 96.5. The molecule has 13 heteroatoms. The topological polar surface area (TPSA) is 37.9 Å². The molecule has 0 radical (unpaired) electrons. The summed E-state index contributed by atoms with van der Waals surface area (Å²) in [6.07, 6.45) is 60.4. The van der Waals surface area contributed by atoms with Gasteiger partial charge in [0, 0.05) is 167 Å². The monoisotopic (exact) mass is 1900 g/mol. The summed E-state index contributed by atoms with van der Waals surface area (Å²) in [6.45, 7) is 63.6. The van der Waals surface area contributed by atoms with Gasteiger partial charge in [-0.25, -0.2) is 0 Å². The maximum absolute atomic E-state index is 5.54. The lowest BCUT2D eigenvalue weighted by atomic mass is 9.81. The summed E-state index contributed by atoms with van der Waals surface area (Å²) < 4.78 is 16.7. The molecule has 24 rings (SSSR count). The van der Waals surface area contributed by atoms with Crippen molar-refractivity contribution in [1.82, 2.24) is 0 Å². The van der Waals surface area contributed by atoms with Crippen molar-refractivity contribution in [3.8, 4) is 11.5 Å². The van der Waals surface area contributed by atoms with Crippen LogP contribution in [0.4, 0.5) is 34.1 Å². The number of allylic oxidation sites excluding steroid dienone is 18. The number of hydrogen-bond donors (Lipinski definition) is 0. The van der Waals surface area contributed by atoms with Crippen molar-refractivity contribution in [2.45, 2.75) is 252 Å². The first-order valence-electron chi connectivity index (χ1n) is 53.0. The minimum absolute atomic E-state index is 0.222. The molecule has 6 aromatic rings. The number of anilines is 6. The van der Waals surface area contributed by atoms with Crippen molar-refractivity contribution in [3.05, 3.63) is 311 Å². The van der Waals surface area contributed by atoms with Crippen LogP contribution >= 0.6 is 0 Å². The second-order valence-electron chi connectivity index (χ2n) is 51.6. The van der Waals surface area contributed by atoms with Crippen LogP contribution in [-0.4, -0.2) is 117 Å². The van der Waals surface area contributed by atoms with Crippen molar-refractivity contribution < 1.29 is 9.47 Å². The first-order valence-corrected chi connectivity index (χ1v) is 71.0. The van der Waals surface area contributed by atoms with Crippen molar-refractivity contribution in [3.63, 3.8) is 0 Å². The second kappa shape index (κ2) is 36.3. The van der Waals surface area contributed by atoms with Crippen LogP contribution < -0.4 is 38.2 Å². The van der Waals surface area contributed by atoms with Gasteiger partial charge in [0.2, 0.25) is 0 Å². The largest absolute Gasteiger partial charge is 0.497 e. The summed E-state index contributed by atoms with van der Waals surface area (Å²) in [6, 6.07) is 48.0. The molecule has 30 unspecified atom stereocenters. The summed E-state index contributed by atoms with van der Waals surface area (Å²) in [4.78, 5) is 10.9. The molecule has 0 amide bonds. The SMILES string of the molecule is CC1C2C=CC=CC2C2C1c1cc(C(C)(C)C)ccc1N2C.CC1C2C=CC=CC2C2C1c1ccccc1N2C[Si](C)(C)C.COc1ccc2c(c1)C1C(C)C3C=CC=CC3C1N2C[Si](C)(C)C.COc1ccc2c(c1)C1C(C)C3C=CC=CC3C1N2[Si](C)(C)C.Cc1ccc2c(c1)C1C(C)C3C=CC=CC3C1N2C[Si](C)(C)C.Cc1ccc2c(c1)C1C(C)C3C=CC=CC3C1N2[Si](C)(C)C. The number of benzene rings is 6. The van der Waals surface area contributed by atoms with Gasteiger partial charge in [0.05, 0.1) is 38.4 Å². The Morgan fingerprint density at radius 2 is 0.529 bits per heavy atom. The summed E-state index contributed by atoms with van der Waals surface area (Å²) in [5, 5.41) is 0. The molecule has 8 nitrogen and oxygen atoms in total. The Hall–Kier alpha value is -8.32. The van der Waals surface area contributed by atoms with Crippen molar-refractivity contribution in [1.29, 1.82) is 0 Å². The maximum atomic E-state index is 5.54. The average molecular weight is 1900 g/mol. The van der Waals surface area contributed by atoms with Crippen LogP contribution in [0.15, 0.2) is 261 Å². The van der Waals surface area contributed by atoms with Crippen LogP contribution in [0.2, 0.25) is 98.2 Å². The first-order chi connectivity index (χ1) is 64.5. The van der Waals surface area contributed by atoms with E-state index in [9.17, 15) is 0 Å². The normalized spacial score (nSPS) is 34.7. The molecule has 6 aliphatic heterocycles. The Morgan fingerprint density at radius 3 is 0.875 bits per heavy atom. The number of hydrogen-bond acceptors (Lipinski definition) is 8. The Balaban J connectivity index is 0.000000105. The Kier molecular flexibility index (Phi) is 25.8. The molecule has 0 N–H and O–H groups in total. The van der Waals surface area contributed by atoms with Crippen LogP contribution in [0, 0.1) is 120 Å². The third-order valence-electron chi connectivity index (χ3n) is 36.1. The molecule has 136 heavy (non-hydrogen) atoms. The van der Waals surface area contributed by atoms with E-state index in [1.165, 1.54) is 80.4 Å². The van der Waals surface area contributed by atoms with Gasteiger partial charge in [-0.3, -0.25) is 0 Å². The summed E-state index contributed by atoms with van der Waals surface area (Å²) >= 11 is 0. The lowest BCUT2D eigenvalue weighted by Crippen LogP contribution is -2.52. The molecule has 6 saturated carbocycles. The fourth-order valence-electron chi connectivity index (χ4n) is 31.0. The Morgan fingerprint density at radius 1 is 0.272 bits per heavy atom. The van der Waals surface area contributed by atoms with E-state index in [-0.39, 0.29) is 5.41 Å². The predicted molar refractivity (Wildman–Crippen MR) is 598 cm³/mol. The zero-order valence-electron chi connectivity index (χ0n) is 88.3. The molecular weight excluding hydrogens is 1730 g/mol. The van der Waals surface area contributed by atoms with Crippen molar-refractivity contribution >= 4 is 74.8 Å². The standard InChI is InChI=1S/C21H29NOSi.C21H29NSi.C21H27N.C20H27NOSi.2C20H27NSi/c1-14-16-8-6-7-9-17(16)21-20(14)18-12-15(23-2)10-11-19(18)22(21)13-24(3,4)5;1-14-10-11-19-18(12-14)20-15(2)16-8-6-7-9-17(16)21(20)22(19)13-23(3,4)5;1-13-15-8-6-7-9-16(15)20-19(13)17-12-14(21(2,3)4)10-11-18(17)22(20)5;1-13-15-8-6-7-9-16(15)20-19(13)17-12-14(22-2)10-11-18(17)21(20)23(3,4)5;1-13-10-11-18-17(12-13)19-14(2)15-8-6-7-9-16(15)20(19)21(18)22(3,4)5;1-14-15-9-5-6-10-16(15)20-19(14)17-11-7-8-12-18(17)21(20)13-22(2,3)4/h6-12,14,16-17,20-21H,13H2,1-5H3;6-12,15-17,20-21H,13H2,1-5H3;6-13,15-16,19-20H,1-5H3;6-13,15-16,19-20H,1-5H3;6-12,14-16,19-20H,1-5H3;5-12,14-16,19-20H,13H2,1-4H3. The fourth-order valence-corrected chi connectivity index (χ4v) is 39.5. The molecule has 0 spiro atoms. The summed E-state index contributed by atoms with van der Waals surface area (Å²) in [5.74, 6) is 18.5. The third kappa shape index (κ3) is 17.0. The number of para-hydroxylation sites is 1. The van der Waals surface area contributed by atoms with Gasteiger partial charge >= 0.3 is 0 Å². The highest BCUT2D eigenvalue weighted by Gasteiger charge is 2.62. The van der Waals surface area contributed by atoms with Crippen LogP contribution in [0.3, 0.4) is 0 Å². The van der Waals surface area contributed by atoms with E-state index in [1.807, 2.05) is 0 Å². The third-order valence-corrected chi connectivity index (χ3v) is 43.9. The smallest absolute Gasteiger partial charge is 0.147 e. The first kappa shape index (κ1) is 96.6. The predicted octanol–water partition coefficient (Wildman–Crippen LogP) is 29.7. The number of nitrogens with zero attached hydrogens (tertiary/aromatic N) is 6. The highest BCUT2D eigenvalue weighted by molar-refractivity contribution is 6.81. The van der Waals surface area contributed by atoms with E-state index in [2.05, 4.69) is 471 Å². The number of aryl methyl sites for hydroxylation is 2. The quantitative estimate of drug-likeness (QED) is 0.126. The van der Waals surface area contributed by atoms with E-state index in [4.69, 9.17) is 9.47 Å². The van der Waals surface area contributed by atoms with Gasteiger partial charge in [0.25, 0.3) is 0 Å². The van der Waals surface area contributed by atoms with Gasteiger partial charge in [-0.15, -0.1) is 0 Å². The van der Waals surface area contributed by atoms with Crippen molar-refractivity contribution in [2.75, 3.05) is 68.5 Å². The molecule has 6 aromatic carbocycles. The number of methoxy groups -OCH3 is 2. The molecule has 6 fully saturated rings. The fraction of sp³-hybridized carbons (Fsp3) is 0.512. The average Bonchev–Trinajstić information content (AvgIpc) is 1.48. The summed E-state index contributed by atoms with van der Waals surface area (Å²) in [5.41, 5.74) is 22.9. The molecule has 12 aliphatic carbocycles. The Bertz CT molecular complexity index is 5880. The molecule has 18 aliphatic rings. The number of likely N-dealkylation sites (N-methyl/N-ethyl adjacent to an activating group) is 1. The number of fused-ring (bicyclic) bond motifs is 30. The van der Waals surface area contributed by atoms with Crippen molar-refractivity contribution in [2.24, 2.45) is 107 Å². The van der Waals surface area contributed by atoms with Crippen LogP contribution in [0.5, 0.6) is 11.5 Å². The van der Waals surface area contributed by atoms with E-state index in [0.717, 1.165) is 41.1 Å². The van der Waals surface area contributed by atoms with Gasteiger partial charge in [0.15, 0.2) is 0 Å². The van der Waals surface area contributed by atoms with Gasteiger partial charge in [-0.05, 0) is 190 Å². The van der Waals surface area contributed by atoms with E-state index >= 15 is 0 Å². The molecule has 0 bridgehead atoms. The van der Waals surface area contributed by atoms with Crippen LogP contribution in [0.25, 0.3) is 0 Å². The minimum Gasteiger partial charge on any atom is -0.497 e. The van der Waals surface area contributed by atoms with Gasteiger partial charge in [0.1, 0.15) is 28.0 Å². The van der Waals surface area contributed by atoms with E-state index in [1.54, 1.807) is 36.5 Å². The molecule has 0 aromatic heterocycles. The number of rotatable bonds is 10. The Labute approximate surface area is 827 Å². The van der Waals surface area contributed by atoms with Gasteiger partial charge < -0.3 is 38.2 Å². The molecular formula is C123H166N6O2Si5. The van der Waals surface area contributed by atoms with Crippen LogP contribution in [-0.2, 0) is 5.41 Å².